The molecule has 6 heteroatoms. The Morgan fingerprint density at radius 1 is 1.20 bits per heavy atom. The zero-order chi connectivity index (χ0) is 18.0. The minimum Gasteiger partial charge on any atom is -0.378 e. The lowest BCUT2D eigenvalue weighted by molar-refractivity contribution is -0.114. The van der Waals surface area contributed by atoms with Crippen LogP contribution in [-0.2, 0) is 11.3 Å². The van der Waals surface area contributed by atoms with Gasteiger partial charge in [-0.1, -0.05) is 12.1 Å². The van der Waals surface area contributed by atoms with Crippen molar-refractivity contribution in [2.75, 3.05) is 10.6 Å². The van der Waals surface area contributed by atoms with E-state index >= 15 is 0 Å². The molecule has 0 saturated carbocycles. The minimum atomic E-state index is -0.103. The molecule has 0 atom stereocenters. The molecule has 3 aromatic rings. The van der Waals surface area contributed by atoms with Crippen LogP contribution in [0.2, 0.25) is 0 Å². The molecule has 0 unspecified atom stereocenters. The molecule has 2 heterocycles. The summed E-state index contributed by atoms with van der Waals surface area (Å²) >= 11 is 0. The molecule has 3 rings (SSSR count). The van der Waals surface area contributed by atoms with Crippen molar-refractivity contribution in [1.29, 1.82) is 0 Å². The second-order valence-corrected chi connectivity index (χ2v) is 5.95. The largest absolute Gasteiger partial charge is 0.378 e. The van der Waals surface area contributed by atoms with Gasteiger partial charge >= 0.3 is 0 Å². The first-order valence-corrected chi connectivity index (χ1v) is 8.04. The van der Waals surface area contributed by atoms with Gasteiger partial charge in [0.2, 0.25) is 5.91 Å². The molecule has 6 nitrogen and oxygen atoms in total. The molecule has 0 radical (unpaired) electrons. The summed E-state index contributed by atoms with van der Waals surface area (Å²) in [5, 5.41) is 6.24. The van der Waals surface area contributed by atoms with Crippen molar-refractivity contribution in [1.82, 2.24) is 9.38 Å². The van der Waals surface area contributed by atoms with Crippen molar-refractivity contribution >= 4 is 29.2 Å². The zero-order valence-electron chi connectivity index (χ0n) is 14.5. The number of amides is 1. The molecule has 1 aromatic carbocycles. The number of carbonyl (C=O) groups excluding carboxylic acids is 2. The van der Waals surface area contributed by atoms with E-state index in [0.29, 0.717) is 23.6 Å². The smallest absolute Gasteiger partial charge is 0.221 e. The number of pyridine rings is 1. The van der Waals surface area contributed by atoms with E-state index in [1.54, 1.807) is 4.40 Å². The molecule has 128 valence electrons. The zero-order valence-corrected chi connectivity index (χ0v) is 14.5. The highest BCUT2D eigenvalue weighted by molar-refractivity contribution is 5.90. The van der Waals surface area contributed by atoms with Crippen LogP contribution in [0.15, 0.2) is 36.5 Å². The average molecular weight is 336 g/mol. The van der Waals surface area contributed by atoms with E-state index in [9.17, 15) is 9.59 Å². The van der Waals surface area contributed by atoms with E-state index in [0.717, 1.165) is 28.8 Å². The minimum absolute atomic E-state index is 0.103. The number of hydrogen-bond donors (Lipinski definition) is 2. The van der Waals surface area contributed by atoms with Gasteiger partial charge in [-0.25, -0.2) is 4.98 Å². The summed E-state index contributed by atoms with van der Waals surface area (Å²) in [6, 6.07) is 9.60. The van der Waals surface area contributed by atoms with Crippen molar-refractivity contribution in [2.45, 2.75) is 27.3 Å². The van der Waals surface area contributed by atoms with Gasteiger partial charge in [0, 0.05) is 25.4 Å². The fourth-order valence-corrected chi connectivity index (χ4v) is 2.91. The second kappa shape index (κ2) is 6.76. The van der Waals surface area contributed by atoms with Crippen LogP contribution in [0.25, 0.3) is 5.65 Å². The van der Waals surface area contributed by atoms with E-state index in [4.69, 9.17) is 0 Å². The SMILES string of the molecule is CC(=O)Nc1cccc(C)c1CNc1cccn2c(C=O)c(C)nc12. The van der Waals surface area contributed by atoms with Crippen molar-refractivity contribution in [3.05, 3.63) is 59.0 Å². The van der Waals surface area contributed by atoms with Crippen molar-refractivity contribution in [3.63, 3.8) is 0 Å². The molecule has 0 spiro atoms. The highest BCUT2D eigenvalue weighted by atomic mass is 16.1. The first kappa shape index (κ1) is 16.7. The number of hydrogen-bond acceptors (Lipinski definition) is 4. The van der Waals surface area contributed by atoms with Crippen LogP contribution in [0.3, 0.4) is 0 Å². The molecule has 1 amide bonds. The van der Waals surface area contributed by atoms with Crippen molar-refractivity contribution in [3.8, 4) is 0 Å². The van der Waals surface area contributed by atoms with Crippen LogP contribution in [-0.4, -0.2) is 21.6 Å². The van der Waals surface area contributed by atoms with Gasteiger partial charge < -0.3 is 10.6 Å². The Balaban J connectivity index is 1.94. The molecule has 0 saturated heterocycles. The predicted octanol–water partition coefficient (Wildman–Crippen LogP) is 3.33. The average Bonchev–Trinajstić information content (AvgIpc) is 2.89. The number of aldehydes is 1. The third-order valence-electron chi connectivity index (χ3n) is 4.16. The summed E-state index contributed by atoms with van der Waals surface area (Å²) in [5.74, 6) is -0.103. The fourth-order valence-electron chi connectivity index (χ4n) is 2.91. The number of imidazole rings is 1. The summed E-state index contributed by atoms with van der Waals surface area (Å²) in [6.07, 6.45) is 2.64. The summed E-state index contributed by atoms with van der Waals surface area (Å²) in [4.78, 5) is 27.2. The van der Waals surface area contributed by atoms with Gasteiger partial charge in [-0.15, -0.1) is 0 Å². The Bertz CT molecular complexity index is 959. The van der Waals surface area contributed by atoms with Crippen LogP contribution in [0.1, 0.15) is 34.2 Å². The Hall–Kier alpha value is -3.15. The number of benzene rings is 1. The molecule has 0 fully saturated rings. The van der Waals surface area contributed by atoms with Crippen LogP contribution in [0.5, 0.6) is 0 Å². The number of aryl methyl sites for hydroxylation is 2. The van der Waals surface area contributed by atoms with Crippen molar-refractivity contribution in [2.24, 2.45) is 0 Å². The van der Waals surface area contributed by atoms with Crippen LogP contribution >= 0.6 is 0 Å². The van der Waals surface area contributed by atoms with Crippen LogP contribution in [0, 0.1) is 13.8 Å². The monoisotopic (exact) mass is 336 g/mol. The molecule has 0 bridgehead atoms. The maximum absolute atomic E-state index is 11.4. The van der Waals surface area contributed by atoms with E-state index in [1.807, 2.05) is 50.4 Å². The van der Waals surface area contributed by atoms with E-state index in [2.05, 4.69) is 15.6 Å². The van der Waals surface area contributed by atoms with E-state index < -0.39 is 0 Å². The van der Waals surface area contributed by atoms with Gasteiger partial charge in [-0.3, -0.25) is 14.0 Å². The van der Waals surface area contributed by atoms with Crippen molar-refractivity contribution < 1.29 is 9.59 Å². The van der Waals surface area contributed by atoms with Crippen LogP contribution < -0.4 is 10.6 Å². The third-order valence-corrected chi connectivity index (χ3v) is 4.16. The standard InChI is InChI=1S/C19H20N4O2/c1-12-6-4-7-16(22-14(3)25)15(12)10-20-17-8-5-9-23-18(11-24)13(2)21-19(17)23/h4-9,11,20H,10H2,1-3H3,(H,22,25). The number of anilines is 2. The summed E-state index contributed by atoms with van der Waals surface area (Å²) < 4.78 is 1.78. The lowest BCUT2D eigenvalue weighted by Gasteiger charge is -2.15. The van der Waals surface area contributed by atoms with Gasteiger partial charge in [0.25, 0.3) is 0 Å². The second-order valence-electron chi connectivity index (χ2n) is 5.95. The number of nitrogens with zero attached hydrogens (tertiary/aromatic N) is 2. The number of fused-ring (bicyclic) bond motifs is 1. The number of rotatable bonds is 5. The summed E-state index contributed by atoms with van der Waals surface area (Å²) in [6.45, 7) is 5.85. The molecule has 2 aromatic heterocycles. The Kier molecular flexibility index (Phi) is 4.52. The molecule has 25 heavy (non-hydrogen) atoms. The number of nitrogens with one attached hydrogen (secondary N) is 2. The highest BCUT2D eigenvalue weighted by Crippen LogP contribution is 2.24. The van der Waals surface area contributed by atoms with Gasteiger partial charge in [0.05, 0.1) is 11.4 Å². The quantitative estimate of drug-likeness (QED) is 0.701. The number of aromatic nitrogens is 2. The Labute approximate surface area is 145 Å². The third kappa shape index (κ3) is 3.24. The Morgan fingerprint density at radius 2 is 1.96 bits per heavy atom. The molecule has 2 N–H and O–H groups in total. The molecular weight excluding hydrogens is 316 g/mol. The van der Waals surface area contributed by atoms with Crippen LogP contribution in [0.4, 0.5) is 11.4 Å². The normalized spacial score (nSPS) is 10.7. The first-order valence-electron chi connectivity index (χ1n) is 8.04. The molecule has 0 aliphatic carbocycles. The molecule has 0 aliphatic heterocycles. The lowest BCUT2D eigenvalue weighted by atomic mass is 10.1. The molecular formula is C19H20N4O2. The summed E-state index contributed by atoms with van der Waals surface area (Å²) in [7, 11) is 0. The number of carbonyl (C=O) groups is 2. The molecule has 0 aliphatic rings. The lowest BCUT2D eigenvalue weighted by Crippen LogP contribution is -2.11. The maximum atomic E-state index is 11.4. The Morgan fingerprint density at radius 3 is 2.68 bits per heavy atom. The van der Waals surface area contributed by atoms with Gasteiger partial charge in [0.1, 0.15) is 5.69 Å². The van der Waals surface area contributed by atoms with Gasteiger partial charge in [0.15, 0.2) is 11.9 Å². The predicted molar refractivity (Wildman–Crippen MR) is 98.1 cm³/mol. The summed E-state index contributed by atoms with van der Waals surface area (Å²) in [5.41, 5.74) is 5.66. The van der Waals surface area contributed by atoms with E-state index in [-0.39, 0.29) is 5.91 Å². The highest BCUT2D eigenvalue weighted by Gasteiger charge is 2.12. The van der Waals surface area contributed by atoms with Gasteiger partial charge in [-0.2, -0.15) is 0 Å². The van der Waals surface area contributed by atoms with E-state index in [1.165, 1.54) is 6.92 Å². The fraction of sp³-hybridized carbons (Fsp3) is 0.211. The first-order chi connectivity index (χ1) is 12.0. The topological polar surface area (TPSA) is 75.5 Å². The maximum Gasteiger partial charge on any atom is 0.221 e. The van der Waals surface area contributed by atoms with Gasteiger partial charge in [-0.05, 0) is 43.2 Å².